The van der Waals surface area contributed by atoms with Gasteiger partial charge in [0.05, 0.1) is 30.7 Å². The molecule has 6 nitrogen and oxygen atoms in total. The van der Waals surface area contributed by atoms with Gasteiger partial charge in [0.1, 0.15) is 5.75 Å². The molecule has 0 atom stereocenters. The first-order valence-corrected chi connectivity index (χ1v) is 8.78. The molecule has 1 fully saturated rings. The average Bonchev–Trinajstić information content (AvgIpc) is 3.00. The smallest absolute Gasteiger partial charge is 0.303 e. The van der Waals surface area contributed by atoms with E-state index in [4.69, 9.17) is 30.6 Å². The van der Waals surface area contributed by atoms with Crippen molar-refractivity contribution in [2.24, 2.45) is 0 Å². The number of carboxylic acids is 1. The highest BCUT2D eigenvalue weighted by Gasteiger charge is 2.22. The monoisotopic (exact) mass is 373 g/mol. The van der Waals surface area contributed by atoms with Crippen molar-refractivity contribution >= 4 is 35.7 Å². The highest BCUT2D eigenvalue weighted by atomic mass is 35.5. The topological polar surface area (TPSA) is 68.2 Å². The first-order chi connectivity index (χ1) is 11.6. The second-order valence-corrected chi connectivity index (χ2v) is 6.31. The van der Waals surface area contributed by atoms with Crippen LogP contribution in [-0.2, 0) is 13.9 Å². The van der Waals surface area contributed by atoms with Crippen LogP contribution in [0.2, 0.25) is 5.02 Å². The van der Waals surface area contributed by atoms with Crippen LogP contribution in [0.15, 0.2) is 23.3 Å². The molecule has 1 N–H and O–H groups in total. The maximum Gasteiger partial charge on any atom is 0.303 e. The lowest BCUT2D eigenvalue weighted by atomic mass is 10.1. The molecule has 0 amide bonds. The highest BCUT2D eigenvalue weighted by Crippen LogP contribution is 2.35. The molecule has 1 aromatic rings. The van der Waals surface area contributed by atoms with Gasteiger partial charge in [0.15, 0.2) is 0 Å². The molecule has 1 heterocycles. The number of halogens is 1. The van der Waals surface area contributed by atoms with Crippen molar-refractivity contribution in [1.29, 1.82) is 0 Å². The van der Waals surface area contributed by atoms with Crippen LogP contribution in [-0.4, -0.2) is 30.0 Å². The number of carboxylic acid groups (broad SMARTS) is 1. The van der Waals surface area contributed by atoms with Gasteiger partial charge in [-0.15, -0.1) is 0 Å². The SMILES string of the molecule is COc1cccc(Cl)c1C=C1ON(CCCCCCC(=O)O)OS1. The zero-order valence-corrected chi connectivity index (χ0v) is 14.9. The first kappa shape index (κ1) is 18.9. The summed E-state index contributed by atoms with van der Waals surface area (Å²) in [6.45, 7) is 0.608. The number of carbonyl (C=O) groups is 1. The molecule has 0 unspecified atom stereocenters. The van der Waals surface area contributed by atoms with Gasteiger partial charge in [-0.05, 0) is 30.2 Å². The Balaban J connectivity index is 1.78. The Morgan fingerprint density at radius 2 is 2.17 bits per heavy atom. The molecule has 1 aliphatic heterocycles. The Labute approximate surface area is 150 Å². The third-order valence-corrected chi connectivity index (χ3v) is 4.30. The van der Waals surface area contributed by atoms with Gasteiger partial charge >= 0.3 is 5.97 Å². The Bertz CT molecular complexity index is 596. The lowest BCUT2D eigenvalue weighted by Gasteiger charge is -2.10. The van der Waals surface area contributed by atoms with E-state index in [0.717, 1.165) is 36.9 Å². The van der Waals surface area contributed by atoms with Gasteiger partial charge in [0.2, 0.25) is 5.09 Å². The van der Waals surface area contributed by atoms with Crippen molar-refractivity contribution < 1.29 is 23.8 Å². The van der Waals surface area contributed by atoms with Gasteiger partial charge in [0, 0.05) is 18.1 Å². The summed E-state index contributed by atoms with van der Waals surface area (Å²) in [5.41, 5.74) is 0.739. The fourth-order valence-corrected chi connectivity index (χ4v) is 2.93. The summed E-state index contributed by atoms with van der Waals surface area (Å²) in [6, 6.07) is 5.43. The minimum Gasteiger partial charge on any atom is -0.496 e. The van der Waals surface area contributed by atoms with Crippen LogP contribution in [0, 0.1) is 0 Å². The molecule has 0 spiro atoms. The average molecular weight is 374 g/mol. The van der Waals surface area contributed by atoms with Gasteiger partial charge < -0.3 is 14.7 Å². The molecule has 1 saturated heterocycles. The largest absolute Gasteiger partial charge is 0.496 e. The van der Waals surface area contributed by atoms with Crippen LogP contribution in [0.5, 0.6) is 5.75 Å². The maximum atomic E-state index is 10.4. The van der Waals surface area contributed by atoms with E-state index in [0.29, 0.717) is 28.8 Å². The standard InChI is InChI=1S/C16H20ClNO5S/c1-21-14-8-6-7-13(17)12(14)11-16-22-18(23-24-16)10-5-3-2-4-9-15(19)20/h6-8,11H,2-5,9-10H2,1H3,(H,19,20). The van der Waals surface area contributed by atoms with Crippen LogP contribution in [0.1, 0.15) is 37.7 Å². The number of rotatable bonds is 9. The number of ether oxygens (including phenoxy) is 1. The summed E-state index contributed by atoms with van der Waals surface area (Å²) in [5.74, 6) is -0.0848. The third kappa shape index (κ3) is 5.90. The van der Waals surface area contributed by atoms with Gasteiger partial charge in [-0.2, -0.15) is 4.28 Å². The van der Waals surface area contributed by atoms with E-state index in [9.17, 15) is 4.79 Å². The summed E-state index contributed by atoms with van der Waals surface area (Å²) in [6.07, 6.45) is 5.37. The molecule has 0 aliphatic carbocycles. The second-order valence-electron chi connectivity index (χ2n) is 5.18. The van der Waals surface area contributed by atoms with E-state index >= 15 is 0 Å². The predicted molar refractivity (Wildman–Crippen MR) is 93.2 cm³/mol. The lowest BCUT2D eigenvalue weighted by Crippen LogP contribution is -2.16. The number of hydrogen-bond donors (Lipinski definition) is 1. The Morgan fingerprint density at radius 1 is 1.38 bits per heavy atom. The summed E-state index contributed by atoms with van der Waals surface area (Å²) < 4.78 is 10.7. The highest BCUT2D eigenvalue weighted by molar-refractivity contribution is 7.98. The van der Waals surface area contributed by atoms with Crippen molar-refractivity contribution in [1.82, 2.24) is 5.23 Å². The lowest BCUT2D eigenvalue weighted by molar-refractivity contribution is -0.259. The van der Waals surface area contributed by atoms with Crippen LogP contribution >= 0.6 is 23.6 Å². The zero-order chi connectivity index (χ0) is 17.4. The van der Waals surface area contributed by atoms with E-state index in [1.807, 2.05) is 12.1 Å². The summed E-state index contributed by atoms with van der Waals surface area (Å²) >= 11 is 7.31. The first-order valence-electron chi connectivity index (χ1n) is 7.66. The zero-order valence-electron chi connectivity index (χ0n) is 13.4. The molecular weight excluding hydrogens is 354 g/mol. The van der Waals surface area contributed by atoms with Crippen LogP contribution in [0.4, 0.5) is 0 Å². The van der Waals surface area contributed by atoms with Crippen molar-refractivity contribution in [2.45, 2.75) is 32.1 Å². The number of hydroxylamine groups is 2. The number of aliphatic carboxylic acids is 1. The summed E-state index contributed by atoms with van der Waals surface area (Å²) in [5, 5.41) is 11.1. The third-order valence-electron chi connectivity index (χ3n) is 3.37. The molecule has 2 rings (SSSR count). The van der Waals surface area contributed by atoms with Crippen LogP contribution in [0.25, 0.3) is 6.08 Å². The minimum atomic E-state index is -0.748. The fourth-order valence-electron chi connectivity index (χ4n) is 2.17. The van der Waals surface area contributed by atoms with Gasteiger partial charge in [-0.1, -0.05) is 30.5 Å². The van der Waals surface area contributed by atoms with E-state index in [2.05, 4.69) is 0 Å². The van der Waals surface area contributed by atoms with Crippen molar-refractivity contribution in [3.05, 3.63) is 33.9 Å². The van der Waals surface area contributed by atoms with E-state index in [-0.39, 0.29) is 6.42 Å². The second kappa shape index (κ2) is 9.78. The number of hydrogen-bond acceptors (Lipinski definition) is 6. The molecule has 8 heteroatoms. The Kier molecular flexibility index (Phi) is 7.71. The molecule has 0 radical (unpaired) electrons. The minimum absolute atomic E-state index is 0.221. The maximum absolute atomic E-state index is 10.4. The van der Waals surface area contributed by atoms with E-state index in [1.54, 1.807) is 19.3 Å². The molecule has 1 aromatic carbocycles. The van der Waals surface area contributed by atoms with Gasteiger partial charge in [-0.25, -0.2) is 0 Å². The van der Waals surface area contributed by atoms with Crippen molar-refractivity contribution in [3.63, 3.8) is 0 Å². The van der Waals surface area contributed by atoms with E-state index in [1.165, 1.54) is 5.23 Å². The normalized spacial score (nSPS) is 16.3. The van der Waals surface area contributed by atoms with Crippen molar-refractivity contribution in [3.8, 4) is 5.75 Å². The van der Waals surface area contributed by atoms with Crippen LogP contribution in [0.3, 0.4) is 0 Å². The molecule has 0 saturated carbocycles. The predicted octanol–water partition coefficient (Wildman–Crippen LogP) is 4.51. The molecule has 1 aliphatic rings. The summed E-state index contributed by atoms with van der Waals surface area (Å²) in [7, 11) is 1.59. The molecule has 0 bridgehead atoms. The fraction of sp³-hybridized carbons (Fsp3) is 0.438. The number of unbranched alkanes of at least 4 members (excludes halogenated alkanes) is 3. The van der Waals surface area contributed by atoms with Crippen molar-refractivity contribution in [2.75, 3.05) is 13.7 Å². The molecular formula is C16H20ClNO5S. The van der Waals surface area contributed by atoms with E-state index < -0.39 is 5.97 Å². The summed E-state index contributed by atoms with van der Waals surface area (Å²) in [4.78, 5) is 16.0. The number of methoxy groups -OCH3 is 1. The van der Waals surface area contributed by atoms with Crippen LogP contribution < -0.4 is 4.74 Å². The Morgan fingerprint density at radius 3 is 2.92 bits per heavy atom. The number of nitrogens with zero attached hydrogens (tertiary/aromatic N) is 1. The Hall–Kier alpha value is -1.41. The van der Waals surface area contributed by atoms with Gasteiger partial charge in [0.25, 0.3) is 0 Å². The van der Waals surface area contributed by atoms with Gasteiger partial charge in [-0.3, -0.25) is 4.79 Å². The molecule has 24 heavy (non-hydrogen) atoms. The quantitative estimate of drug-likeness (QED) is 0.504. The molecule has 132 valence electrons. The number of benzene rings is 1. The molecule has 0 aromatic heterocycles.